The first-order chi connectivity index (χ1) is 12.2. The van der Waals surface area contributed by atoms with Crippen molar-refractivity contribution in [1.82, 2.24) is 0 Å². The third-order valence-corrected chi connectivity index (χ3v) is 4.43. The minimum atomic E-state index is -4.64. The maximum atomic E-state index is 13.4. The van der Waals surface area contributed by atoms with E-state index in [9.17, 15) is 27.2 Å². The van der Waals surface area contributed by atoms with Gasteiger partial charge >= 0.3 is 18.1 Å². The summed E-state index contributed by atoms with van der Waals surface area (Å²) in [7, 11) is 2.15. The first-order valence-electron chi connectivity index (χ1n) is 7.02. The van der Waals surface area contributed by atoms with Gasteiger partial charge in [-0.2, -0.15) is 13.2 Å². The van der Waals surface area contributed by atoms with Gasteiger partial charge in [-0.15, -0.1) is 0 Å². The molecule has 0 N–H and O–H groups in total. The fraction of sp³-hybridized carbons (Fsp3) is 0.176. The highest BCUT2D eigenvalue weighted by Gasteiger charge is 2.32. The molecule has 0 heterocycles. The summed E-state index contributed by atoms with van der Waals surface area (Å²) in [5, 5.41) is 0. The van der Waals surface area contributed by atoms with E-state index in [1.807, 2.05) is 0 Å². The Morgan fingerprint density at radius 3 is 1.88 bits per heavy atom. The number of ether oxygens (including phenoxy) is 2. The fourth-order valence-electron chi connectivity index (χ4n) is 2.04. The summed E-state index contributed by atoms with van der Waals surface area (Å²) < 4.78 is 61.2. The first kappa shape index (κ1) is 19.8. The Morgan fingerprint density at radius 2 is 1.38 bits per heavy atom. The molecule has 0 radical (unpaired) electrons. The van der Waals surface area contributed by atoms with Crippen LogP contribution in [0.25, 0.3) is 0 Å². The summed E-state index contributed by atoms with van der Waals surface area (Å²) in [6.45, 7) is 0. The topological polar surface area (TPSA) is 52.6 Å². The monoisotopic (exact) mass is 388 g/mol. The molecule has 0 saturated carbocycles. The lowest BCUT2D eigenvalue weighted by atomic mass is 10.1. The second kappa shape index (κ2) is 7.77. The van der Waals surface area contributed by atoms with Crippen LogP contribution in [0.5, 0.6) is 0 Å². The van der Waals surface area contributed by atoms with Gasteiger partial charge in [-0.25, -0.2) is 14.0 Å². The molecule has 0 fully saturated rings. The number of esters is 2. The zero-order valence-electron chi connectivity index (χ0n) is 13.5. The third-order valence-electron chi connectivity index (χ3n) is 3.28. The van der Waals surface area contributed by atoms with Gasteiger partial charge in [-0.05, 0) is 36.4 Å². The van der Waals surface area contributed by atoms with Gasteiger partial charge in [0.05, 0.1) is 30.9 Å². The van der Waals surface area contributed by atoms with E-state index in [0.29, 0.717) is 6.07 Å². The van der Waals surface area contributed by atoms with Crippen LogP contribution in [0.1, 0.15) is 26.3 Å². The van der Waals surface area contributed by atoms with Crippen LogP contribution in [0.3, 0.4) is 0 Å². The molecule has 2 rings (SSSR count). The summed E-state index contributed by atoms with van der Waals surface area (Å²) >= 11 is 0.821. The van der Waals surface area contributed by atoms with Crippen LogP contribution in [0.4, 0.5) is 17.6 Å². The SMILES string of the molecule is COC(=O)c1cc(F)ccc1Sc1ccc(C(F)(F)F)cc1C(=O)OC. The van der Waals surface area contributed by atoms with Crippen molar-refractivity contribution in [2.24, 2.45) is 0 Å². The molecular formula is C17H12F4O4S. The summed E-state index contributed by atoms with van der Waals surface area (Å²) in [5.74, 6) is -2.48. The molecule has 0 aromatic heterocycles. The van der Waals surface area contributed by atoms with Gasteiger partial charge in [0.2, 0.25) is 0 Å². The van der Waals surface area contributed by atoms with Crippen LogP contribution in [0, 0.1) is 5.82 Å². The molecule has 2 aromatic rings. The van der Waals surface area contributed by atoms with Crippen molar-refractivity contribution < 1.29 is 36.6 Å². The molecule has 0 aliphatic carbocycles. The van der Waals surface area contributed by atoms with Crippen molar-refractivity contribution in [3.8, 4) is 0 Å². The number of carbonyl (C=O) groups excluding carboxylic acids is 2. The van der Waals surface area contributed by atoms with Crippen LogP contribution >= 0.6 is 11.8 Å². The molecule has 9 heteroatoms. The van der Waals surface area contributed by atoms with E-state index in [4.69, 9.17) is 0 Å². The van der Waals surface area contributed by atoms with Crippen molar-refractivity contribution >= 4 is 23.7 Å². The smallest absolute Gasteiger partial charge is 0.416 e. The summed E-state index contributed by atoms with van der Waals surface area (Å²) in [5.41, 5.74) is -1.46. The Labute approximate surface area is 150 Å². The Kier molecular flexibility index (Phi) is 5.91. The molecule has 2 aromatic carbocycles. The second-order valence-electron chi connectivity index (χ2n) is 4.93. The van der Waals surface area contributed by atoms with Gasteiger partial charge in [0.15, 0.2) is 0 Å². The Bertz CT molecular complexity index is 849. The van der Waals surface area contributed by atoms with Crippen molar-refractivity contribution in [1.29, 1.82) is 0 Å². The molecule has 0 amide bonds. The zero-order chi connectivity index (χ0) is 19.5. The number of hydrogen-bond donors (Lipinski definition) is 0. The van der Waals surface area contributed by atoms with Crippen molar-refractivity contribution in [3.05, 3.63) is 58.9 Å². The fourth-order valence-corrected chi connectivity index (χ4v) is 3.06. The standard InChI is InChI=1S/C17H12F4O4S/c1-24-15(22)11-7-9(17(19,20)21)3-5-13(11)26-14-6-4-10(18)8-12(14)16(23)25-2/h3-8H,1-2H3. The molecule has 0 unspecified atom stereocenters. The Balaban J connectivity index is 2.53. The quantitative estimate of drug-likeness (QED) is 0.567. The lowest BCUT2D eigenvalue weighted by Crippen LogP contribution is -2.10. The molecule has 0 saturated heterocycles. The van der Waals surface area contributed by atoms with Gasteiger partial charge in [0.25, 0.3) is 0 Å². The molecule has 0 spiro atoms. The number of alkyl halides is 3. The van der Waals surface area contributed by atoms with Crippen LogP contribution in [0.15, 0.2) is 46.2 Å². The molecule has 138 valence electrons. The molecule has 0 bridgehead atoms. The summed E-state index contributed by atoms with van der Waals surface area (Å²) in [6.07, 6.45) is -4.64. The van der Waals surface area contributed by atoms with Crippen LogP contribution in [0.2, 0.25) is 0 Å². The maximum absolute atomic E-state index is 13.4. The number of rotatable bonds is 4. The predicted molar refractivity (Wildman–Crippen MR) is 84.6 cm³/mol. The van der Waals surface area contributed by atoms with Gasteiger partial charge in [0, 0.05) is 9.79 Å². The van der Waals surface area contributed by atoms with Crippen molar-refractivity contribution in [2.45, 2.75) is 16.0 Å². The van der Waals surface area contributed by atoms with E-state index in [0.717, 1.165) is 50.2 Å². The number of benzene rings is 2. The van der Waals surface area contributed by atoms with E-state index < -0.39 is 29.5 Å². The van der Waals surface area contributed by atoms with E-state index in [2.05, 4.69) is 9.47 Å². The molecule has 0 atom stereocenters. The molecule has 4 nitrogen and oxygen atoms in total. The average molecular weight is 388 g/mol. The van der Waals surface area contributed by atoms with Gasteiger partial charge < -0.3 is 9.47 Å². The minimum Gasteiger partial charge on any atom is -0.465 e. The molecular weight excluding hydrogens is 376 g/mol. The minimum absolute atomic E-state index is 0.113. The Hall–Kier alpha value is -2.55. The van der Waals surface area contributed by atoms with Crippen LogP contribution in [-0.2, 0) is 15.7 Å². The van der Waals surface area contributed by atoms with Gasteiger partial charge in [-0.3, -0.25) is 0 Å². The first-order valence-corrected chi connectivity index (χ1v) is 7.84. The highest BCUT2D eigenvalue weighted by Crippen LogP contribution is 2.37. The average Bonchev–Trinajstić information content (AvgIpc) is 2.61. The number of halogens is 4. The van der Waals surface area contributed by atoms with Crippen LogP contribution < -0.4 is 0 Å². The van der Waals surface area contributed by atoms with Gasteiger partial charge in [0.1, 0.15) is 5.82 Å². The van der Waals surface area contributed by atoms with Crippen molar-refractivity contribution in [3.63, 3.8) is 0 Å². The molecule has 0 aliphatic heterocycles. The lowest BCUT2D eigenvalue weighted by Gasteiger charge is -2.13. The van der Waals surface area contributed by atoms with E-state index in [1.54, 1.807) is 0 Å². The summed E-state index contributed by atoms with van der Waals surface area (Å²) in [6, 6.07) is 5.84. The van der Waals surface area contributed by atoms with E-state index in [-0.39, 0.29) is 20.9 Å². The highest BCUT2D eigenvalue weighted by atomic mass is 32.2. The van der Waals surface area contributed by atoms with Crippen molar-refractivity contribution in [2.75, 3.05) is 14.2 Å². The number of carbonyl (C=O) groups is 2. The number of methoxy groups -OCH3 is 2. The Morgan fingerprint density at radius 1 is 0.885 bits per heavy atom. The van der Waals surface area contributed by atoms with Gasteiger partial charge in [-0.1, -0.05) is 11.8 Å². The van der Waals surface area contributed by atoms with E-state index >= 15 is 0 Å². The van der Waals surface area contributed by atoms with Crippen LogP contribution in [-0.4, -0.2) is 26.2 Å². The van der Waals surface area contributed by atoms with E-state index in [1.165, 1.54) is 6.07 Å². The highest BCUT2D eigenvalue weighted by molar-refractivity contribution is 7.99. The predicted octanol–water partition coefficient (Wildman–Crippen LogP) is 4.57. The molecule has 0 aliphatic rings. The third kappa shape index (κ3) is 4.34. The largest absolute Gasteiger partial charge is 0.465 e. The normalized spacial score (nSPS) is 11.2. The maximum Gasteiger partial charge on any atom is 0.416 e. The molecule has 26 heavy (non-hydrogen) atoms. The zero-order valence-corrected chi connectivity index (χ0v) is 14.3. The summed E-state index contributed by atoms with van der Waals surface area (Å²) in [4.78, 5) is 24.0. The number of hydrogen-bond acceptors (Lipinski definition) is 5. The second-order valence-corrected chi connectivity index (χ2v) is 6.02. The lowest BCUT2D eigenvalue weighted by molar-refractivity contribution is -0.137.